The lowest BCUT2D eigenvalue weighted by Gasteiger charge is -2.08. The van der Waals surface area contributed by atoms with Crippen LogP contribution in [0.3, 0.4) is 0 Å². The van der Waals surface area contributed by atoms with Gasteiger partial charge in [0.2, 0.25) is 0 Å². The van der Waals surface area contributed by atoms with Crippen LogP contribution < -0.4 is 5.32 Å². The van der Waals surface area contributed by atoms with E-state index in [9.17, 15) is 18.7 Å². The van der Waals surface area contributed by atoms with Crippen LogP contribution in [0.4, 0.5) is 14.5 Å². The van der Waals surface area contributed by atoms with Gasteiger partial charge in [-0.2, -0.15) is 0 Å². The van der Waals surface area contributed by atoms with Crippen molar-refractivity contribution in [1.82, 2.24) is 0 Å². The summed E-state index contributed by atoms with van der Waals surface area (Å²) >= 11 is 5.65. The summed E-state index contributed by atoms with van der Waals surface area (Å²) in [5.41, 5.74) is -0.184. The van der Waals surface area contributed by atoms with E-state index in [0.29, 0.717) is 6.07 Å². The number of anilines is 1. The van der Waals surface area contributed by atoms with Crippen molar-refractivity contribution in [2.45, 2.75) is 0 Å². The fourth-order valence-corrected chi connectivity index (χ4v) is 1.74. The first-order valence-corrected chi connectivity index (χ1v) is 5.60. The van der Waals surface area contributed by atoms with Gasteiger partial charge < -0.3 is 10.4 Å². The molecular weight excluding hydrogens is 276 g/mol. The topological polar surface area (TPSA) is 49.3 Å². The van der Waals surface area contributed by atoms with Crippen molar-refractivity contribution in [2.24, 2.45) is 0 Å². The minimum absolute atomic E-state index is 0.0988. The molecule has 0 saturated heterocycles. The molecule has 2 N–H and O–H groups in total. The predicted octanol–water partition coefficient (Wildman–Crippen LogP) is 3.58. The summed E-state index contributed by atoms with van der Waals surface area (Å²) in [5.74, 6) is -2.57. The maximum atomic E-state index is 13.5. The van der Waals surface area contributed by atoms with Crippen LogP contribution in [0.1, 0.15) is 10.4 Å². The highest BCUT2D eigenvalue weighted by Gasteiger charge is 2.14. The van der Waals surface area contributed by atoms with Gasteiger partial charge >= 0.3 is 0 Å². The number of hydrogen-bond acceptors (Lipinski definition) is 2. The van der Waals surface area contributed by atoms with Crippen LogP contribution in [0.2, 0.25) is 5.02 Å². The summed E-state index contributed by atoms with van der Waals surface area (Å²) < 4.78 is 26.3. The fraction of sp³-hybridized carbons (Fsp3) is 0. The molecule has 0 atom stereocenters. The number of carbonyl (C=O) groups excluding carboxylic acids is 1. The van der Waals surface area contributed by atoms with Crippen molar-refractivity contribution in [2.75, 3.05) is 5.32 Å². The van der Waals surface area contributed by atoms with Crippen LogP contribution in [0, 0.1) is 11.6 Å². The van der Waals surface area contributed by atoms with Gasteiger partial charge in [0.1, 0.15) is 11.6 Å². The van der Waals surface area contributed by atoms with Gasteiger partial charge in [0.25, 0.3) is 5.91 Å². The molecule has 6 heteroatoms. The van der Waals surface area contributed by atoms with Crippen LogP contribution in [0.5, 0.6) is 5.75 Å². The zero-order chi connectivity index (χ0) is 14.0. The Morgan fingerprint density at radius 3 is 2.58 bits per heavy atom. The third kappa shape index (κ3) is 3.00. The Morgan fingerprint density at radius 1 is 1.21 bits per heavy atom. The summed E-state index contributed by atoms with van der Waals surface area (Å²) in [7, 11) is 0. The van der Waals surface area contributed by atoms with Gasteiger partial charge in [0, 0.05) is 11.6 Å². The maximum absolute atomic E-state index is 13.5. The molecule has 0 aliphatic carbocycles. The predicted molar refractivity (Wildman–Crippen MR) is 67.4 cm³/mol. The molecule has 19 heavy (non-hydrogen) atoms. The molecule has 0 saturated carbocycles. The molecule has 2 rings (SSSR count). The van der Waals surface area contributed by atoms with Gasteiger partial charge in [0.05, 0.1) is 10.7 Å². The first-order valence-electron chi connectivity index (χ1n) is 5.22. The quantitative estimate of drug-likeness (QED) is 0.885. The van der Waals surface area contributed by atoms with E-state index in [4.69, 9.17) is 11.6 Å². The van der Waals surface area contributed by atoms with Crippen LogP contribution in [-0.4, -0.2) is 11.0 Å². The zero-order valence-electron chi connectivity index (χ0n) is 9.45. The Bertz CT molecular complexity index is 623. The zero-order valence-corrected chi connectivity index (χ0v) is 10.2. The van der Waals surface area contributed by atoms with E-state index in [-0.39, 0.29) is 22.0 Å². The number of aromatic hydroxyl groups is 1. The van der Waals surface area contributed by atoms with E-state index in [1.54, 1.807) is 0 Å². The molecule has 0 aliphatic rings. The average molecular weight is 284 g/mol. The fourth-order valence-electron chi connectivity index (χ4n) is 1.49. The van der Waals surface area contributed by atoms with Crippen molar-refractivity contribution in [3.8, 4) is 5.75 Å². The lowest BCUT2D eigenvalue weighted by Crippen LogP contribution is -2.13. The molecule has 0 spiro atoms. The Kier molecular flexibility index (Phi) is 3.66. The van der Waals surface area contributed by atoms with E-state index in [1.807, 2.05) is 0 Å². The molecule has 2 aromatic carbocycles. The Hall–Kier alpha value is -2.14. The molecule has 0 aliphatic heterocycles. The second kappa shape index (κ2) is 5.24. The summed E-state index contributed by atoms with van der Waals surface area (Å²) in [6.45, 7) is 0. The van der Waals surface area contributed by atoms with E-state index in [0.717, 1.165) is 6.07 Å². The Balaban J connectivity index is 2.29. The Labute approximate surface area is 112 Å². The maximum Gasteiger partial charge on any atom is 0.255 e. The first-order chi connectivity index (χ1) is 8.97. The number of amides is 1. The summed E-state index contributed by atoms with van der Waals surface area (Å²) in [6, 6.07) is 7.01. The lowest BCUT2D eigenvalue weighted by molar-refractivity contribution is 0.102. The molecule has 0 fully saturated rings. The van der Waals surface area contributed by atoms with Crippen molar-refractivity contribution in [3.63, 3.8) is 0 Å². The minimum atomic E-state index is -0.974. The number of halogens is 3. The third-order valence-corrected chi connectivity index (χ3v) is 2.65. The second-order valence-electron chi connectivity index (χ2n) is 3.75. The minimum Gasteiger partial charge on any atom is -0.508 e. The molecule has 1 amide bonds. The summed E-state index contributed by atoms with van der Waals surface area (Å²) in [4.78, 5) is 11.8. The van der Waals surface area contributed by atoms with Crippen molar-refractivity contribution in [3.05, 3.63) is 58.6 Å². The molecule has 0 bridgehead atoms. The van der Waals surface area contributed by atoms with Crippen LogP contribution in [-0.2, 0) is 0 Å². The first kappa shape index (κ1) is 13.3. The molecule has 3 nitrogen and oxygen atoms in total. The van der Waals surface area contributed by atoms with Crippen molar-refractivity contribution >= 4 is 23.2 Å². The molecule has 2 aromatic rings. The van der Waals surface area contributed by atoms with E-state index < -0.39 is 17.5 Å². The molecule has 98 valence electrons. The second-order valence-corrected chi connectivity index (χ2v) is 4.16. The lowest BCUT2D eigenvalue weighted by atomic mass is 10.2. The highest BCUT2D eigenvalue weighted by molar-refractivity contribution is 6.34. The normalized spacial score (nSPS) is 10.3. The van der Waals surface area contributed by atoms with Gasteiger partial charge in [-0.3, -0.25) is 4.79 Å². The molecular formula is C13H8ClF2NO2. The van der Waals surface area contributed by atoms with Gasteiger partial charge in [-0.05, 0) is 24.3 Å². The van der Waals surface area contributed by atoms with Gasteiger partial charge in [0.15, 0.2) is 5.82 Å². The van der Waals surface area contributed by atoms with E-state index in [1.165, 1.54) is 24.3 Å². The molecule has 0 aromatic heterocycles. The number of benzene rings is 2. The number of carbonyl (C=O) groups is 1. The average Bonchev–Trinajstić information content (AvgIpc) is 2.33. The van der Waals surface area contributed by atoms with E-state index in [2.05, 4.69) is 5.32 Å². The standard InChI is InChI=1S/C13H8ClF2NO2/c14-10-5-8(15)6-11(16)12(10)17-13(19)7-2-1-3-9(18)4-7/h1-6,18H,(H,17,19). The number of phenolic OH excluding ortho intramolecular Hbond substituents is 1. The van der Waals surface area contributed by atoms with Gasteiger partial charge in [-0.15, -0.1) is 0 Å². The van der Waals surface area contributed by atoms with Crippen LogP contribution in [0.25, 0.3) is 0 Å². The highest BCUT2D eigenvalue weighted by Crippen LogP contribution is 2.27. The Morgan fingerprint density at radius 2 is 1.95 bits per heavy atom. The van der Waals surface area contributed by atoms with Crippen molar-refractivity contribution < 1.29 is 18.7 Å². The SMILES string of the molecule is O=C(Nc1c(F)cc(F)cc1Cl)c1cccc(O)c1. The third-order valence-electron chi connectivity index (χ3n) is 2.35. The highest BCUT2D eigenvalue weighted by atomic mass is 35.5. The van der Waals surface area contributed by atoms with Crippen molar-refractivity contribution in [1.29, 1.82) is 0 Å². The van der Waals surface area contributed by atoms with Gasteiger partial charge in [-0.1, -0.05) is 17.7 Å². The van der Waals surface area contributed by atoms with Crippen LogP contribution >= 0.6 is 11.6 Å². The number of phenols is 1. The van der Waals surface area contributed by atoms with Crippen LogP contribution in [0.15, 0.2) is 36.4 Å². The number of nitrogens with one attached hydrogen (secondary N) is 1. The number of rotatable bonds is 2. The molecule has 0 heterocycles. The molecule has 0 unspecified atom stereocenters. The monoisotopic (exact) mass is 283 g/mol. The van der Waals surface area contributed by atoms with Gasteiger partial charge in [-0.25, -0.2) is 8.78 Å². The summed E-state index contributed by atoms with van der Waals surface area (Å²) in [6.07, 6.45) is 0. The van der Waals surface area contributed by atoms with E-state index >= 15 is 0 Å². The number of hydrogen-bond donors (Lipinski definition) is 2. The molecule has 0 radical (unpaired) electrons. The largest absolute Gasteiger partial charge is 0.508 e. The summed E-state index contributed by atoms with van der Waals surface area (Å²) in [5, 5.41) is 11.2. The smallest absolute Gasteiger partial charge is 0.255 e.